The second kappa shape index (κ2) is 6.02. The van der Waals surface area contributed by atoms with Crippen LogP contribution in [0.5, 0.6) is 0 Å². The van der Waals surface area contributed by atoms with E-state index in [-0.39, 0.29) is 30.6 Å². The molecular formula is C15H22FNO3S. The Labute approximate surface area is 125 Å². The highest BCUT2D eigenvalue weighted by molar-refractivity contribution is 7.92. The molecule has 4 nitrogen and oxygen atoms in total. The van der Waals surface area contributed by atoms with E-state index in [1.54, 1.807) is 19.1 Å². The molecule has 0 heterocycles. The average molecular weight is 315 g/mol. The molecule has 1 aromatic rings. The van der Waals surface area contributed by atoms with Gasteiger partial charge in [-0.05, 0) is 24.6 Å². The van der Waals surface area contributed by atoms with Crippen molar-refractivity contribution in [3.63, 3.8) is 0 Å². The fourth-order valence-electron chi connectivity index (χ4n) is 3.17. The summed E-state index contributed by atoms with van der Waals surface area (Å²) in [6, 6.07) is 6.10. The zero-order chi connectivity index (χ0) is 15.7. The van der Waals surface area contributed by atoms with Gasteiger partial charge in [-0.1, -0.05) is 19.1 Å². The molecule has 0 amide bonds. The van der Waals surface area contributed by atoms with Crippen molar-refractivity contribution in [3.8, 4) is 0 Å². The van der Waals surface area contributed by atoms with Crippen LogP contribution in [0.15, 0.2) is 24.3 Å². The second-order valence-corrected chi connectivity index (χ2v) is 7.89. The van der Waals surface area contributed by atoms with Crippen molar-refractivity contribution in [2.75, 3.05) is 25.5 Å². The normalized spacial score (nSPS) is 28.6. The fourth-order valence-corrected chi connectivity index (χ4v) is 5.32. The van der Waals surface area contributed by atoms with Crippen molar-refractivity contribution in [1.82, 2.24) is 0 Å². The lowest BCUT2D eigenvalue weighted by atomic mass is 10.00. The van der Waals surface area contributed by atoms with Gasteiger partial charge in [0.2, 0.25) is 0 Å². The lowest BCUT2D eigenvalue weighted by Crippen LogP contribution is -2.29. The summed E-state index contributed by atoms with van der Waals surface area (Å²) in [5.74, 6) is -0.610. The van der Waals surface area contributed by atoms with Crippen LogP contribution in [0.3, 0.4) is 0 Å². The highest BCUT2D eigenvalue weighted by Gasteiger charge is 2.69. The van der Waals surface area contributed by atoms with Crippen molar-refractivity contribution in [2.24, 2.45) is 11.1 Å². The molecule has 0 aromatic heterocycles. The van der Waals surface area contributed by atoms with Crippen molar-refractivity contribution in [3.05, 3.63) is 35.6 Å². The maximum absolute atomic E-state index is 13.5. The molecule has 1 saturated carbocycles. The Balaban J connectivity index is 2.41. The highest BCUT2D eigenvalue weighted by Crippen LogP contribution is 2.62. The van der Waals surface area contributed by atoms with Crippen molar-refractivity contribution < 1.29 is 17.5 Å². The van der Waals surface area contributed by atoms with Crippen LogP contribution in [0.4, 0.5) is 4.39 Å². The molecule has 118 valence electrons. The lowest BCUT2D eigenvalue weighted by Gasteiger charge is -2.15. The van der Waals surface area contributed by atoms with E-state index in [9.17, 15) is 12.8 Å². The lowest BCUT2D eigenvalue weighted by molar-refractivity contribution is 0.101. The van der Waals surface area contributed by atoms with Crippen LogP contribution < -0.4 is 5.73 Å². The topological polar surface area (TPSA) is 69.4 Å². The average Bonchev–Trinajstić information content (AvgIpc) is 3.15. The van der Waals surface area contributed by atoms with Crippen LogP contribution in [0.1, 0.15) is 25.3 Å². The predicted molar refractivity (Wildman–Crippen MR) is 80.4 cm³/mol. The molecular weight excluding hydrogens is 293 g/mol. The summed E-state index contributed by atoms with van der Waals surface area (Å²) in [5, 5.41) is -0.589. The quantitative estimate of drug-likeness (QED) is 0.831. The highest BCUT2D eigenvalue weighted by atomic mass is 32.2. The molecule has 0 aliphatic heterocycles. The summed E-state index contributed by atoms with van der Waals surface area (Å²) in [7, 11) is -3.27. The molecule has 1 fully saturated rings. The first-order valence-electron chi connectivity index (χ1n) is 7.17. The summed E-state index contributed by atoms with van der Waals surface area (Å²) in [6.07, 6.45) is 0. The van der Waals surface area contributed by atoms with E-state index in [0.717, 1.165) is 0 Å². The van der Waals surface area contributed by atoms with Gasteiger partial charge in [0.1, 0.15) is 5.82 Å². The van der Waals surface area contributed by atoms with Crippen molar-refractivity contribution >= 4 is 9.84 Å². The number of nitrogens with two attached hydrogens (primary N) is 1. The van der Waals surface area contributed by atoms with Crippen LogP contribution in [-0.4, -0.2) is 39.2 Å². The molecule has 0 unspecified atom stereocenters. The number of hydrogen-bond acceptors (Lipinski definition) is 4. The minimum atomic E-state index is -3.27. The molecule has 21 heavy (non-hydrogen) atoms. The first kappa shape index (κ1) is 16.4. The van der Waals surface area contributed by atoms with Gasteiger partial charge in [0, 0.05) is 30.2 Å². The van der Waals surface area contributed by atoms with Gasteiger partial charge in [-0.15, -0.1) is 0 Å². The standard InChI is InChI=1S/C15H22FNO3S/c1-3-20-10-15(9-17)13(14(15)21(18,19)4-2)11-6-5-7-12(16)8-11/h5-8,13-14H,3-4,9-10,17H2,1-2H3/t13-,14+,15+/m0/s1. The van der Waals surface area contributed by atoms with Gasteiger partial charge in [-0.2, -0.15) is 0 Å². The Morgan fingerprint density at radius 2 is 2.10 bits per heavy atom. The van der Waals surface area contributed by atoms with E-state index in [0.29, 0.717) is 12.2 Å². The number of sulfone groups is 1. The van der Waals surface area contributed by atoms with Crippen LogP contribution >= 0.6 is 0 Å². The van der Waals surface area contributed by atoms with Gasteiger partial charge in [0.15, 0.2) is 9.84 Å². The third kappa shape index (κ3) is 2.84. The van der Waals surface area contributed by atoms with Crippen LogP contribution in [0, 0.1) is 11.2 Å². The molecule has 0 spiro atoms. The second-order valence-electron chi connectivity index (χ2n) is 5.48. The summed E-state index contributed by atoms with van der Waals surface area (Å²) < 4.78 is 43.6. The number of hydrogen-bond donors (Lipinski definition) is 1. The molecule has 6 heteroatoms. The largest absolute Gasteiger partial charge is 0.381 e. The van der Waals surface area contributed by atoms with Gasteiger partial charge in [-0.3, -0.25) is 0 Å². The molecule has 0 bridgehead atoms. The van der Waals surface area contributed by atoms with Gasteiger partial charge in [0.05, 0.1) is 11.9 Å². The van der Waals surface area contributed by atoms with Crippen molar-refractivity contribution in [2.45, 2.75) is 25.0 Å². The Morgan fingerprint density at radius 1 is 1.38 bits per heavy atom. The monoisotopic (exact) mass is 315 g/mol. The molecule has 2 N–H and O–H groups in total. The molecule has 0 radical (unpaired) electrons. The maximum Gasteiger partial charge on any atom is 0.154 e. The zero-order valence-corrected chi connectivity index (χ0v) is 13.2. The van der Waals surface area contributed by atoms with E-state index in [2.05, 4.69) is 0 Å². The Kier molecular flexibility index (Phi) is 4.70. The van der Waals surface area contributed by atoms with E-state index in [1.165, 1.54) is 12.1 Å². The first-order chi connectivity index (χ1) is 9.93. The molecule has 2 rings (SSSR count). The summed E-state index contributed by atoms with van der Waals surface area (Å²) in [6.45, 7) is 4.46. The molecule has 1 aliphatic carbocycles. The molecule has 1 aromatic carbocycles. The summed E-state index contributed by atoms with van der Waals surface area (Å²) in [4.78, 5) is 0. The predicted octanol–water partition coefficient (Wildman–Crippen LogP) is 1.71. The molecule has 0 saturated heterocycles. The van der Waals surface area contributed by atoms with Crippen LogP contribution in [-0.2, 0) is 14.6 Å². The van der Waals surface area contributed by atoms with E-state index < -0.39 is 20.5 Å². The SMILES string of the molecule is CCOC[C@@]1(CN)[C@H](S(=O)(=O)CC)[C@@H]1c1cccc(F)c1. The van der Waals surface area contributed by atoms with Gasteiger partial charge < -0.3 is 10.5 Å². The van der Waals surface area contributed by atoms with Crippen LogP contribution in [0.25, 0.3) is 0 Å². The smallest absolute Gasteiger partial charge is 0.154 e. The van der Waals surface area contributed by atoms with Crippen molar-refractivity contribution in [1.29, 1.82) is 0 Å². The summed E-state index contributed by atoms with van der Waals surface area (Å²) >= 11 is 0. The van der Waals surface area contributed by atoms with Crippen LogP contribution in [0.2, 0.25) is 0 Å². The van der Waals surface area contributed by atoms with E-state index in [4.69, 9.17) is 10.5 Å². The number of ether oxygens (including phenoxy) is 1. The maximum atomic E-state index is 13.5. The Morgan fingerprint density at radius 3 is 2.62 bits per heavy atom. The minimum Gasteiger partial charge on any atom is -0.381 e. The number of benzene rings is 1. The van der Waals surface area contributed by atoms with Gasteiger partial charge in [0.25, 0.3) is 0 Å². The fraction of sp³-hybridized carbons (Fsp3) is 0.600. The van der Waals surface area contributed by atoms with E-state index >= 15 is 0 Å². The van der Waals surface area contributed by atoms with Gasteiger partial charge >= 0.3 is 0 Å². The minimum absolute atomic E-state index is 0.0529. The summed E-state index contributed by atoms with van der Waals surface area (Å²) in [5.41, 5.74) is 5.92. The zero-order valence-electron chi connectivity index (χ0n) is 12.4. The molecule has 1 aliphatic rings. The molecule has 3 atom stereocenters. The van der Waals surface area contributed by atoms with Gasteiger partial charge in [-0.25, -0.2) is 12.8 Å². The van der Waals surface area contributed by atoms with E-state index in [1.807, 2.05) is 6.92 Å². The number of halogens is 1. The third-order valence-electron chi connectivity index (χ3n) is 4.33. The Hall–Kier alpha value is -0.980. The first-order valence-corrected chi connectivity index (χ1v) is 8.89. The number of rotatable bonds is 7. The Bertz CT molecular complexity index is 605. The third-order valence-corrected chi connectivity index (χ3v) is 6.65.